The number of benzene rings is 2. The predicted molar refractivity (Wildman–Crippen MR) is 137 cm³/mol. The van der Waals surface area contributed by atoms with E-state index in [0.717, 1.165) is 80.4 Å². The van der Waals surface area contributed by atoms with Crippen LogP contribution in [0, 0.1) is 16.7 Å². The summed E-state index contributed by atoms with van der Waals surface area (Å²) in [5, 5.41) is 13.3. The molecule has 35 heavy (non-hydrogen) atoms. The van der Waals surface area contributed by atoms with Crippen LogP contribution < -0.4 is 10.1 Å². The average Bonchev–Trinajstić information content (AvgIpc) is 2.91. The van der Waals surface area contributed by atoms with Crippen LogP contribution >= 0.6 is 0 Å². The minimum atomic E-state index is -0.371. The van der Waals surface area contributed by atoms with E-state index in [1.807, 2.05) is 42.5 Å². The fraction of sp³-hybridized carbons (Fsp3) is 0.414. The molecule has 0 radical (unpaired) electrons. The molecule has 0 spiro atoms. The second kappa shape index (κ2) is 10.1. The summed E-state index contributed by atoms with van der Waals surface area (Å²) in [6, 6.07) is 17.9. The number of anilines is 1. The first-order valence-corrected chi connectivity index (χ1v) is 12.6. The van der Waals surface area contributed by atoms with Crippen molar-refractivity contribution >= 4 is 22.6 Å². The molecule has 0 bridgehead atoms. The van der Waals surface area contributed by atoms with Gasteiger partial charge in [0.05, 0.1) is 29.7 Å². The van der Waals surface area contributed by atoms with E-state index in [2.05, 4.69) is 22.4 Å². The molecule has 2 aromatic carbocycles. The number of nitrogens with zero attached hydrogens (tertiary/aromatic N) is 3. The normalized spacial score (nSPS) is 17.4. The Hall–Kier alpha value is -3.43. The standard InChI is InChI=1S/C29H32N4O2/c1-35-26-18-27(31-25-8-4-3-7-24(25)26)32-28(34)29(12-5-2-6-13-29)14-16-33-15-11-22-17-21(19-30)9-10-23(22)20-33/h3-4,7-10,17-18H,2,5-6,11-16,20H2,1H3,(H,31,32,34). The molecule has 2 aliphatic rings. The second-order valence-corrected chi connectivity index (χ2v) is 9.89. The number of amides is 1. The van der Waals surface area contributed by atoms with Crippen molar-refractivity contribution in [2.24, 2.45) is 5.41 Å². The van der Waals surface area contributed by atoms with E-state index in [4.69, 9.17) is 9.72 Å². The molecule has 1 aliphatic carbocycles. The number of aromatic nitrogens is 1. The van der Waals surface area contributed by atoms with Crippen LogP contribution in [0.4, 0.5) is 5.82 Å². The van der Waals surface area contributed by atoms with Gasteiger partial charge in [-0.25, -0.2) is 4.98 Å². The van der Waals surface area contributed by atoms with Gasteiger partial charge < -0.3 is 10.1 Å². The monoisotopic (exact) mass is 468 g/mol. The number of methoxy groups -OCH3 is 1. The lowest BCUT2D eigenvalue weighted by atomic mass is 9.71. The van der Waals surface area contributed by atoms with Crippen molar-refractivity contribution in [2.75, 3.05) is 25.5 Å². The third kappa shape index (κ3) is 4.87. The molecular weight excluding hydrogens is 436 g/mol. The Bertz CT molecular complexity index is 1270. The molecule has 1 fully saturated rings. The Balaban J connectivity index is 1.31. The van der Waals surface area contributed by atoms with E-state index in [1.54, 1.807) is 7.11 Å². The van der Waals surface area contributed by atoms with E-state index in [0.29, 0.717) is 5.82 Å². The number of nitrogens with one attached hydrogen (secondary N) is 1. The number of pyridine rings is 1. The zero-order chi connectivity index (χ0) is 24.3. The molecule has 6 nitrogen and oxygen atoms in total. The van der Waals surface area contributed by atoms with Gasteiger partial charge >= 0.3 is 0 Å². The summed E-state index contributed by atoms with van der Waals surface area (Å²) in [6.45, 7) is 2.73. The summed E-state index contributed by atoms with van der Waals surface area (Å²) in [7, 11) is 1.65. The van der Waals surface area contributed by atoms with E-state index >= 15 is 0 Å². The van der Waals surface area contributed by atoms with Gasteiger partial charge in [0.25, 0.3) is 0 Å². The van der Waals surface area contributed by atoms with E-state index in [1.165, 1.54) is 17.5 Å². The third-order valence-electron chi connectivity index (χ3n) is 7.77. The quantitative estimate of drug-likeness (QED) is 0.520. The van der Waals surface area contributed by atoms with Gasteiger partial charge in [-0.05, 0) is 67.6 Å². The maximum Gasteiger partial charge on any atom is 0.231 e. The molecule has 1 amide bonds. The molecule has 1 saturated carbocycles. The Morgan fingerprint density at radius 1 is 1.14 bits per heavy atom. The molecule has 180 valence electrons. The van der Waals surface area contributed by atoms with E-state index < -0.39 is 0 Å². The highest BCUT2D eigenvalue weighted by Gasteiger charge is 2.40. The SMILES string of the molecule is COc1cc(NC(=O)C2(CCN3CCc4cc(C#N)ccc4C3)CCCCC2)nc2ccccc12. The fourth-order valence-corrected chi connectivity index (χ4v) is 5.69. The van der Waals surface area contributed by atoms with Crippen LogP contribution in [0.1, 0.15) is 55.2 Å². The molecule has 5 rings (SSSR count). The molecule has 0 atom stereocenters. The Morgan fingerprint density at radius 3 is 2.77 bits per heavy atom. The van der Waals surface area contributed by atoms with Gasteiger partial charge in [0.15, 0.2) is 0 Å². The lowest BCUT2D eigenvalue weighted by Gasteiger charge is -2.38. The van der Waals surface area contributed by atoms with Crippen LogP contribution in [0.2, 0.25) is 0 Å². The van der Waals surface area contributed by atoms with Gasteiger partial charge in [-0.3, -0.25) is 9.69 Å². The van der Waals surface area contributed by atoms with Gasteiger partial charge in [-0.1, -0.05) is 37.5 Å². The number of hydrogen-bond donors (Lipinski definition) is 1. The fourth-order valence-electron chi connectivity index (χ4n) is 5.69. The summed E-state index contributed by atoms with van der Waals surface area (Å²) < 4.78 is 5.57. The average molecular weight is 469 g/mol. The summed E-state index contributed by atoms with van der Waals surface area (Å²) in [4.78, 5) is 20.9. The number of rotatable bonds is 6. The van der Waals surface area contributed by atoms with Crippen molar-refractivity contribution < 1.29 is 9.53 Å². The highest BCUT2D eigenvalue weighted by molar-refractivity contribution is 5.96. The van der Waals surface area contributed by atoms with Crippen molar-refractivity contribution in [1.29, 1.82) is 5.26 Å². The molecule has 0 unspecified atom stereocenters. The zero-order valence-corrected chi connectivity index (χ0v) is 20.3. The van der Waals surface area contributed by atoms with Crippen LogP contribution in [0.15, 0.2) is 48.5 Å². The highest BCUT2D eigenvalue weighted by atomic mass is 16.5. The van der Waals surface area contributed by atoms with Gasteiger partial charge in [-0.2, -0.15) is 5.26 Å². The Kier molecular flexibility index (Phi) is 6.70. The van der Waals surface area contributed by atoms with Gasteiger partial charge in [0.2, 0.25) is 5.91 Å². The number of ether oxygens (including phenoxy) is 1. The first kappa shape index (κ1) is 23.3. The number of carbonyl (C=O) groups excluding carboxylic acids is 1. The molecule has 0 saturated heterocycles. The van der Waals surface area contributed by atoms with Crippen molar-refractivity contribution in [3.8, 4) is 11.8 Å². The Labute approximate surface area is 206 Å². The molecule has 1 N–H and O–H groups in total. The molecule has 3 aromatic rings. The summed E-state index contributed by atoms with van der Waals surface area (Å²) in [5.74, 6) is 1.35. The first-order chi connectivity index (χ1) is 17.1. The van der Waals surface area contributed by atoms with Crippen LogP contribution in [-0.2, 0) is 17.8 Å². The molecule has 1 aliphatic heterocycles. The van der Waals surface area contributed by atoms with Crippen molar-refractivity contribution in [3.63, 3.8) is 0 Å². The highest BCUT2D eigenvalue weighted by Crippen LogP contribution is 2.41. The maximum atomic E-state index is 13.7. The topological polar surface area (TPSA) is 78.2 Å². The second-order valence-electron chi connectivity index (χ2n) is 9.89. The van der Waals surface area contributed by atoms with Crippen molar-refractivity contribution in [2.45, 2.75) is 51.5 Å². The molecular formula is C29H32N4O2. The van der Waals surface area contributed by atoms with Crippen LogP contribution in [0.5, 0.6) is 5.75 Å². The summed E-state index contributed by atoms with van der Waals surface area (Å²) in [6.07, 6.45) is 6.98. The third-order valence-corrected chi connectivity index (χ3v) is 7.77. The minimum Gasteiger partial charge on any atom is -0.496 e. The molecule has 2 heterocycles. The van der Waals surface area contributed by atoms with Gasteiger partial charge in [0.1, 0.15) is 11.6 Å². The van der Waals surface area contributed by atoms with Gasteiger partial charge in [0, 0.05) is 24.5 Å². The van der Waals surface area contributed by atoms with Crippen molar-refractivity contribution in [3.05, 3.63) is 65.2 Å². The Morgan fingerprint density at radius 2 is 1.97 bits per heavy atom. The summed E-state index contributed by atoms with van der Waals surface area (Å²) >= 11 is 0. The lowest BCUT2D eigenvalue weighted by molar-refractivity contribution is -0.128. The first-order valence-electron chi connectivity index (χ1n) is 12.6. The lowest BCUT2D eigenvalue weighted by Crippen LogP contribution is -2.42. The number of carbonyl (C=O) groups is 1. The molecule has 6 heteroatoms. The van der Waals surface area contributed by atoms with Crippen LogP contribution in [0.3, 0.4) is 0 Å². The van der Waals surface area contributed by atoms with E-state index in [-0.39, 0.29) is 11.3 Å². The van der Waals surface area contributed by atoms with E-state index in [9.17, 15) is 10.1 Å². The summed E-state index contributed by atoms with van der Waals surface area (Å²) in [5.41, 5.74) is 3.75. The number of hydrogen-bond acceptors (Lipinski definition) is 5. The van der Waals surface area contributed by atoms with Gasteiger partial charge in [-0.15, -0.1) is 0 Å². The maximum absolute atomic E-state index is 13.7. The predicted octanol–water partition coefficient (Wildman–Crippen LogP) is 5.45. The van der Waals surface area contributed by atoms with Crippen molar-refractivity contribution in [1.82, 2.24) is 9.88 Å². The smallest absolute Gasteiger partial charge is 0.231 e. The largest absolute Gasteiger partial charge is 0.496 e. The van der Waals surface area contributed by atoms with Crippen LogP contribution in [-0.4, -0.2) is 36.0 Å². The molecule has 1 aromatic heterocycles. The number of nitriles is 1. The number of fused-ring (bicyclic) bond motifs is 2. The number of para-hydroxylation sites is 1. The minimum absolute atomic E-state index is 0.0816. The van der Waals surface area contributed by atoms with Crippen LogP contribution in [0.25, 0.3) is 10.9 Å². The zero-order valence-electron chi connectivity index (χ0n) is 20.3.